The molecule has 1 amide bonds. The lowest BCUT2D eigenvalue weighted by atomic mass is 10.2. The van der Waals surface area contributed by atoms with E-state index in [0.29, 0.717) is 11.3 Å². The third-order valence-electron chi connectivity index (χ3n) is 3.73. The van der Waals surface area contributed by atoms with E-state index in [9.17, 15) is 26.0 Å². The van der Waals surface area contributed by atoms with Crippen molar-refractivity contribution >= 4 is 31.5 Å². The van der Waals surface area contributed by atoms with Gasteiger partial charge in [-0.2, -0.15) is 0 Å². The van der Waals surface area contributed by atoms with Crippen molar-refractivity contribution in [2.75, 3.05) is 17.3 Å². The van der Waals surface area contributed by atoms with Crippen LogP contribution in [-0.2, 0) is 19.9 Å². The van der Waals surface area contributed by atoms with Crippen LogP contribution in [0.1, 0.15) is 22.8 Å². The van der Waals surface area contributed by atoms with Crippen LogP contribution in [0.3, 0.4) is 0 Å². The Kier molecular flexibility index (Phi) is 6.58. The number of anilines is 1. The van der Waals surface area contributed by atoms with Crippen LogP contribution >= 0.6 is 0 Å². The second-order valence-electron chi connectivity index (χ2n) is 6.56. The fourth-order valence-corrected chi connectivity index (χ4v) is 4.94. The zero-order valence-electron chi connectivity index (χ0n) is 15.6. The van der Waals surface area contributed by atoms with Crippen LogP contribution in [0.2, 0.25) is 0 Å². The maximum atomic E-state index is 13.3. The molecule has 2 N–H and O–H groups in total. The zero-order valence-corrected chi connectivity index (χ0v) is 17.2. The lowest BCUT2D eigenvalue weighted by molar-refractivity contribution is 0.102. The molecule has 0 aliphatic heterocycles. The fraction of sp³-hybridized carbons (Fsp3) is 0.278. The summed E-state index contributed by atoms with van der Waals surface area (Å²) in [5, 5.41) is 2.58. The van der Waals surface area contributed by atoms with Crippen molar-refractivity contribution in [1.82, 2.24) is 4.72 Å². The first-order chi connectivity index (χ1) is 12.9. The molecule has 152 valence electrons. The normalized spacial score (nSPS) is 13.1. The first kappa shape index (κ1) is 22.0. The highest BCUT2D eigenvalue weighted by molar-refractivity contribution is 7.91. The Morgan fingerprint density at radius 3 is 2.39 bits per heavy atom. The summed E-state index contributed by atoms with van der Waals surface area (Å²) in [6, 6.07) is 8.57. The maximum Gasteiger partial charge on any atom is 0.255 e. The van der Waals surface area contributed by atoms with Gasteiger partial charge in [0.1, 0.15) is 15.7 Å². The molecular formula is C18H21FN2O5S2. The Bertz CT molecular complexity index is 1100. The average Bonchev–Trinajstić information content (AvgIpc) is 2.56. The zero-order chi connectivity index (χ0) is 21.1. The van der Waals surface area contributed by atoms with Crippen LogP contribution < -0.4 is 10.0 Å². The van der Waals surface area contributed by atoms with Gasteiger partial charge in [0.05, 0.1) is 10.6 Å². The molecule has 2 rings (SSSR count). The highest BCUT2D eigenvalue weighted by Crippen LogP contribution is 2.17. The van der Waals surface area contributed by atoms with Crippen molar-refractivity contribution < 1.29 is 26.0 Å². The predicted molar refractivity (Wildman–Crippen MR) is 105 cm³/mol. The van der Waals surface area contributed by atoms with Gasteiger partial charge in [-0.05, 0) is 55.8 Å². The van der Waals surface area contributed by atoms with Gasteiger partial charge < -0.3 is 5.32 Å². The van der Waals surface area contributed by atoms with Gasteiger partial charge in [-0.3, -0.25) is 4.79 Å². The topological polar surface area (TPSA) is 109 Å². The minimum Gasteiger partial charge on any atom is -0.322 e. The fourth-order valence-electron chi connectivity index (χ4n) is 2.55. The molecule has 0 fully saturated rings. The van der Waals surface area contributed by atoms with E-state index in [1.165, 1.54) is 49.4 Å². The molecule has 0 saturated carbocycles. The second kappa shape index (κ2) is 8.38. The number of amides is 1. The lowest BCUT2D eigenvalue weighted by Gasteiger charge is -2.14. The summed E-state index contributed by atoms with van der Waals surface area (Å²) in [5.41, 5.74) is 0.816. The van der Waals surface area contributed by atoms with E-state index in [4.69, 9.17) is 0 Å². The molecule has 28 heavy (non-hydrogen) atoms. The summed E-state index contributed by atoms with van der Waals surface area (Å²) in [7, 11) is -7.38. The minimum atomic E-state index is -4.02. The van der Waals surface area contributed by atoms with E-state index in [0.717, 1.165) is 6.26 Å². The van der Waals surface area contributed by atoms with Gasteiger partial charge in [0.2, 0.25) is 10.0 Å². The van der Waals surface area contributed by atoms with Crippen LogP contribution in [0.15, 0.2) is 47.4 Å². The van der Waals surface area contributed by atoms with Gasteiger partial charge in [0, 0.05) is 23.5 Å². The Morgan fingerprint density at radius 2 is 1.79 bits per heavy atom. The molecule has 0 aliphatic rings. The standard InChI is InChI=1S/C18H21FN2O5S2/c1-12-9-15(7-8-17(12)19)20-18(22)14-5-4-6-16(10-14)28(25,26)21-13(2)11-27(3,23)24/h4-10,13,21H,11H2,1-3H3,(H,20,22). The van der Waals surface area contributed by atoms with Crippen LogP contribution in [0, 0.1) is 12.7 Å². The number of benzene rings is 2. The van der Waals surface area contributed by atoms with Gasteiger partial charge in [0.15, 0.2) is 0 Å². The van der Waals surface area contributed by atoms with Gasteiger partial charge in [-0.25, -0.2) is 25.9 Å². The van der Waals surface area contributed by atoms with E-state index < -0.39 is 37.6 Å². The predicted octanol–water partition coefficient (Wildman–Crippen LogP) is 2.10. The van der Waals surface area contributed by atoms with Crippen LogP contribution in [0.4, 0.5) is 10.1 Å². The van der Waals surface area contributed by atoms with Gasteiger partial charge in [-0.15, -0.1) is 0 Å². The van der Waals surface area contributed by atoms with Crippen molar-refractivity contribution in [1.29, 1.82) is 0 Å². The number of aryl methyl sites for hydroxylation is 1. The first-order valence-electron chi connectivity index (χ1n) is 8.25. The summed E-state index contributed by atoms with van der Waals surface area (Å²) >= 11 is 0. The number of carbonyl (C=O) groups is 1. The van der Waals surface area contributed by atoms with E-state index >= 15 is 0 Å². The monoisotopic (exact) mass is 428 g/mol. The largest absolute Gasteiger partial charge is 0.322 e. The van der Waals surface area contributed by atoms with Crippen LogP contribution in [0.5, 0.6) is 0 Å². The molecule has 0 radical (unpaired) electrons. The molecule has 0 heterocycles. The molecule has 1 atom stereocenters. The first-order valence-corrected chi connectivity index (χ1v) is 11.8. The molecule has 2 aromatic carbocycles. The highest BCUT2D eigenvalue weighted by atomic mass is 32.2. The Labute approximate surface area is 163 Å². The van der Waals surface area contributed by atoms with Crippen molar-refractivity contribution in [3.8, 4) is 0 Å². The Hall–Kier alpha value is -2.30. The van der Waals surface area contributed by atoms with E-state index in [2.05, 4.69) is 10.0 Å². The van der Waals surface area contributed by atoms with E-state index in [-0.39, 0.29) is 16.2 Å². The molecule has 0 aromatic heterocycles. The van der Waals surface area contributed by atoms with E-state index in [1.54, 1.807) is 6.92 Å². The minimum absolute atomic E-state index is 0.0839. The molecule has 0 aliphatic carbocycles. The Morgan fingerprint density at radius 1 is 1.11 bits per heavy atom. The van der Waals surface area contributed by atoms with Crippen molar-refractivity contribution in [3.05, 3.63) is 59.4 Å². The number of hydrogen-bond donors (Lipinski definition) is 2. The van der Waals surface area contributed by atoms with Crippen molar-refractivity contribution in [3.63, 3.8) is 0 Å². The number of rotatable bonds is 7. The number of carbonyl (C=O) groups excluding carboxylic acids is 1. The van der Waals surface area contributed by atoms with Gasteiger partial charge in [-0.1, -0.05) is 6.07 Å². The van der Waals surface area contributed by atoms with Gasteiger partial charge in [0.25, 0.3) is 5.91 Å². The molecule has 7 nitrogen and oxygen atoms in total. The summed E-state index contributed by atoms with van der Waals surface area (Å²) in [6.07, 6.45) is 1.01. The number of hydrogen-bond acceptors (Lipinski definition) is 5. The summed E-state index contributed by atoms with van der Waals surface area (Å²) in [4.78, 5) is 12.2. The summed E-state index contributed by atoms with van der Waals surface area (Å²) in [5.74, 6) is -1.32. The molecule has 0 spiro atoms. The SMILES string of the molecule is Cc1cc(NC(=O)c2cccc(S(=O)(=O)NC(C)CS(C)(=O)=O)c2)ccc1F. The number of halogens is 1. The Balaban J connectivity index is 2.20. The molecular weight excluding hydrogens is 407 g/mol. The smallest absolute Gasteiger partial charge is 0.255 e. The molecule has 2 aromatic rings. The van der Waals surface area contributed by atoms with Gasteiger partial charge >= 0.3 is 0 Å². The lowest BCUT2D eigenvalue weighted by Crippen LogP contribution is -2.37. The molecule has 0 saturated heterocycles. The highest BCUT2D eigenvalue weighted by Gasteiger charge is 2.21. The molecule has 1 unspecified atom stereocenters. The maximum absolute atomic E-state index is 13.3. The quantitative estimate of drug-likeness (QED) is 0.702. The van der Waals surface area contributed by atoms with Crippen molar-refractivity contribution in [2.45, 2.75) is 24.8 Å². The van der Waals surface area contributed by atoms with Crippen LogP contribution in [0.25, 0.3) is 0 Å². The summed E-state index contributed by atoms with van der Waals surface area (Å²) < 4.78 is 63.2. The molecule has 0 bridgehead atoms. The number of sulfonamides is 1. The van der Waals surface area contributed by atoms with Crippen molar-refractivity contribution in [2.24, 2.45) is 0 Å². The average molecular weight is 429 g/mol. The van der Waals surface area contributed by atoms with E-state index in [1.807, 2.05) is 0 Å². The third-order valence-corrected chi connectivity index (χ3v) is 6.42. The number of nitrogens with one attached hydrogen (secondary N) is 2. The number of sulfone groups is 1. The molecule has 10 heteroatoms. The third kappa shape index (κ3) is 6.11. The van der Waals surface area contributed by atoms with Crippen LogP contribution in [-0.4, -0.2) is 40.8 Å². The summed E-state index contributed by atoms with van der Waals surface area (Å²) in [6.45, 7) is 2.99. The second-order valence-corrected chi connectivity index (χ2v) is 10.5.